The number of carbonyl (C=O) groups is 2. The zero-order valence-corrected chi connectivity index (χ0v) is 32.6. The SMILES string of the molecule is Cc1ccc(C(=O)NNC(=O)[C@]23CC[C@@H](C)[C@H](C)[C@H]2C2=CC[C@@H]4[C@@]5(C)Cc6cc7cc(Cl)ccc7nc6C(C)(C)[C@@H]5CC[C@@]4(C)[C@]2(C)CC3)cc1. The number of aryl methyl sites for hydroxylation is 1. The molecule has 5 aliphatic carbocycles. The molecule has 6 heteroatoms. The van der Waals surface area contributed by atoms with Gasteiger partial charge < -0.3 is 0 Å². The highest BCUT2D eigenvalue weighted by Gasteiger charge is 2.69. The molecule has 9 atom stereocenters. The van der Waals surface area contributed by atoms with Crippen molar-refractivity contribution in [1.29, 1.82) is 0 Å². The van der Waals surface area contributed by atoms with Crippen LogP contribution < -0.4 is 10.9 Å². The number of hydrazine groups is 1. The number of carbonyl (C=O) groups excluding carboxylic acids is 2. The number of pyridine rings is 1. The number of fused-ring (bicyclic) bond motifs is 9. The van der Waals surface area contributed by atoms with Crippen molar-refractivity contribution < 1.29 is 9.59 Å². The predicted molar refractivity (Wildman–Crippen MR) is 206 cm³/mol. The van der Waals surface area contributed by atoms with Crippen LogP contribution in [0.2, 0.25) is 5.02 Å². The molecule has 3 fully saturated rings. The lowest BCUT2D eigenvalue weighted by Gasteiger charge is -2.71. The highest BCUT2D eigenvalue weighted by Crippen LogP contribution is 2.75. The zero-order valence-electron chi connectivity index (χ0n) is 31.9. The Labute approximate surface area is 309 Å². The molecule has 8 rings (SSSR count). The summed E-state index contributed by atoms with van der Waals surface area (Å²) in [7, 11) is 0. The van der Waals surface area contributed by atoms with E-state index in [0.29, 0.717) is 29.2 Å². The Morgan fingerprint density at radius 1 is 0.863 bits per heavy atom. The van der Waals surface area contributed by atoms with Gasteiger partial charge in [-0.25, -0.2) is 0 Å². The molecule has 0 spiro atoms. The first-order chi connectivity index (χ1) is 24.0. The maximum Gasteiger partial charge on any atom is 0.269 e. The van der Waals surface area contributed by atoms with Gasteiger partial charge in [-0.15, -0.1) is 0 Å². The Kier molecular flexibility index (Phi) is 7.97. The average molecular weight is 706 g/mol. The largest absolute Gasteiger partial charge is 0.273 e. The third-order valence-corrected chi connectivity index (χ3v) is 16.5. The van der Waals surface area contributed by atoms with Crippen LogP contribution in [0.5, 0.6) is 0 Å². The van der Waals surface area contributed by atoms with Gasteiger partial charge >= 0.3 is 0 Å². The van der Waals surface area contributed by atoms with E-state index in [0.717, 1.165) is 60.0 Å². The average Bonchev–Trinajstić information content (AvgIpc) is 3.08. The van der Waals surface area contributed by atoms with Crippen molar-refractivity contribution in [3.05, 3.63) is 87.6 Å². The second kappa shape index (κ2) is 11.7. The summed E-state index contributed by atoms with van der Waals surface area (Å²) >= 11 is 6.47. The van der Waals surface area contributed by atoms with Crippen molar-refractivity contribution in [1.82, 2.24) is 15.8 Å². The van der Waals surface area contributed by atoms with E-state index in [1.807, 2.05) is 37.3 Å². The van der Waals surface area contributed by atoms with Crippen LogP contribution in [0.15, 0.2) is 60.2 Å². The van der Waals surface area contributed by atoms with Crippen molar-refractivity contribution in [2.75, 3.05) is 0 Å². The number of amides is 2. The van der Waals surface area contributed by atoms with E-state index in [4.69, 9.17) is 16.6 Å². The van der Waals surface area contributed by atoms with E-state index < -0.39 is 5.41 Å². The van der Waals surface area contributed by atoms with Gasteiger partial charge in [0.15, 0.2) is 0 Å². The summed E-state index contributed by atoms with van der Waals surface area (Å²) in [6, 6.07) is 16.0. The lowest BCUT2D eigenvalue weighted by atomic mass is 9.33. The normalized spacial score (nSPS) is 37.8. The van der Waals surface area contributed by atoms with Crippen LogP contribution in [0.1, 0.15) is 121 Å². The summed E-state index contributed by atoms with van der Waals surface area (Å²) in [5.74, 6) is 1.84. The smallest absolute Gasteiger partial charge is 0.269 e. The van der Waals surface area contributed by atoms with Crippen LogP contribution in [0.25, 0.3) is 10.9 Å². The van der Waals surface area contributed by atoms with Gasteiger partial charge in [0, 0.05) is 21.4 Å². The minimum absolute atomic E-state index is 0.00557. The molecular formula is C45H56ClN3O2. The van der Waals surface area contributed by atoms with E-state index in [9.17, 15) is 9.59 Å². The predicted octanol–water partition coefficient (Wildman–Crippen LogP) is 10.3. The molecule has 0 bridgehead atoms. The molecule has 5 aliphatic rings. The molecule has 2 aromatic carbocycles. The standard InChI is InChI=1S/C45H56ClN3O2/c1-26-9-11-29(12-10-26)39(50)48-49-40(51)45-20-17-27(2)28(3)37(45)33-14-16-36-42(6)25-31-23-30-24-32(46)13-15-34(30)47-38(31)41(4,5)35(42)18-19-44(36,8)43(33,7)21-22-45/h9-15,23-24,27-28,35-37H,16-22,25H2,1-8H3,(H,48,50)(H,49,51)/t27-,28+,35+,36-,37+,42+,43-,44-,45+/m1/s1. The fourth-order valence-electron chi connectivity index (χ4n) is 13.2. The summed E-state index contributed by atoms with van der Waals surface area (Å²) in [6.45, 7) is 19.5. The van der Waals surface area contributed by atoms with Gasteiger partial charge in [0.05, 0.1) is 16.6 Å². The first kappa shape index (κ1) is 34.9. The quantitative estimate of drug-likeness (QED) is 0.206. The number of nitrogens with zero attached hydrogens (tertiary/aromatic N) is 1. The fourth-order valence-corrected chi connectivity index (χ4v) is 13.3. The number of hydrogen-bond donors (Lipinski definition) is 2. The molecule has 0 aliphatic heterocycles. The molecule has 3 saturated carbocycles. The molecule has 0 radical (unpaired) electrons. The van der Waals surface area contributed by atoms with Gasteiger partial charge in [-0.3, -0.25) is 25.4 Å². The number of halogens is 1. The van der Waals surface area contributed by atoms with E-state index in [1.165, 1.54) is 29.7 Å². The number of allylic oxidation sites excluding steroid dienone is 2. The topological polar surface area (TPSA) is 71.1 Å². The van der Waals surface area contributed by atoms with Gasteiger partial charge in [-0.2, -0.15) is 0 Å². The Bertz CT molecular complexity index is 1970. The maximum atomic E-state index is 14.5. The van der Waals surface area contributed by atoms with Gasteiger partial charge in [-0.1, -0.05) is 89.4 Å². The monoisotopic (exact) mass is 705 g/mol. The van der Waals surface area contributed by atoms with E-state index in [2.05, 4.69) is 83.6 Å². The summed E-state index contributed by atoms with van der Waals surface area (Å²) in [5, 5.41) is 1.89. The molecule has 1 aromatic heterocycles. The Balaban J connectivity index is 1.15. The summed E-state index contributed by atoms with van der Waals surface area (Å²) in [6.07, 6.45) is 10.8. The van der Waals surface area contributed by atoms with Crippen LogP contribution in [0, 0.1) is 58.2 Å². The summed E-state index contributed by atoms with van der Waals surface area (Å²) in [4.78, 5) is 32.9. The van der Waals surface area contributed by atoms with Crippen LogP contribution in [0.4, 0.5) is 0 Å². The van der Waals surface area contributed by atoms with Crippen molar-refractivity contribution in [3.8, 4) is 0 Å². The Morgan fingerprint density at radius 3 is 2.35 bits per heavy atom. The third kappa shape index (κ3) is 4.88. The molecule has 0 saturated heterocycles. The lowest BCUT2D eigenvalue weighted by Crippen LogP contribution is -2.66. The van der Waals surface area contributed by atoms with Gasteiger partial charge in [-0.05, 0) is 146 Å². The number of nitrogens with one attached hydrogen (secondary N) is 2. The molecule has 3 aromatic rings. The molecule has 5 nitrogen and oxygen atoms in total. The second-order valence-corrected chi connectivity index (χ2v) is 19.2. The van der Waals surface area contributed by atoms with E-state index in [1.54, 1.807) is 0 Å². The molecular weight excluding hydrogens is 650 g/mol. The minimum atomic E-state index is -0.526. The lowest BCUT2D eigenvalue weighted by molar-refractivity contribution is -0.170. The zero-order chi connectivity index (χ0) is 36.3. The second-order valence-electron chi connectivity index (χ2n) is 18.8. The van der Waals surface area contributed by atoms with E-state index >= 15 is 0 Å². The molecule has 0 unspecified atom stereocenters. The molecule has 2 amide bonds. The fraction of sp³-hybridized carbons (Fsp3) is 0.578. The van der Waals surface area contributed by atoms with Gasteiger partial charge in [0.1, 0.15) is 0 Å². The van der Waals surface area contributed by atoms with Crippen LogP contribution >= 0.6 is 11.6 Å². The number of benzene rings is 2. The van der Waals surface area contributed by atoms with Crippen molar-refractivity contribution in [3.63, 3.8) is 0 Å². The van der Waals surface area contributed by atoms with Gasteiger partial charge in [0.2, 0.25) is 5.91 Å². The van der Waals surface area contributed by atoms with Crippen LogP contribution in [-0.4, -0.2) is 16.8 Å². The Hall–Kier alpha value is -3.18. The first-order valence-electron chi connectivity index (χ1n) is 19.5. The van der Waals surface area contributed by atoms with Crippen LogP contribution in [0.3, 0.4) is 0 Å². The summed E-state index contributed by atoms with van der Waals surface area (Å²) in [5.41, 5.74) is 12.3. The van der Waals surface area contributed by atoms with Crippen molar-refractivity contribution in [2.24, 2.45) is 51.2 Å². The number of rotatable bonds is 2. The summed E-state index contributed by atoms with van der Waals surface area (Å²) < 4.78 is 0. The van der Waals surface area contributed by atoms with Crippen LogP contribution in [-0.2, 0) is 16.6 Å². The first-order valence-corrected chi connectivity index (χ1v) is 19.9. The number of aromatic nitrogens is 1. The minimum Gasteiger partial charge on any atom is -0.273 e. The molecule has 2 N–H and O–H groups in total. The molecule has 1 heterocycles. The maximum absolute atomic E-state index is 14.5. The molecule has 270 valence electrons. The Morgan fingerprint density at radius 2 is 1.61 bits per heavy atom. The van der Waals surface area contributed by atoms with Crippen molar-refractivity contribution in [2.45, 2.75) is 112 Å². The third-order valence-electron chi connectivity index (χ3n) is 16.2. The molecule has 51 heavy (non-hydrogen) atoms. The highest BCUT2D eigenvalue weighted by atomic mass is 35.5. The van der Waals surface area contributed by atoms with Crippen molar-refractivity contribution >= 4 is 34.3 Å². The number of hydrogen-bond acceptors (Lipinski definition) is 3. The highest BCUT2D eigenvalue weighted by molar-refractivity contribution is 6.31. The van der Waals surface area contributed by atoms with Gasteiger partial charge in [0.25, 0.3) is 5.91 Å². The van der Waals surface area contributed by atoms with E-state index in [-0.39, 0.29) is 39.4 Å².